The van der Waals surface area contributed by atoms with Crippen LogP contribution in [0.15, 0.2) is 78.2 Å². The first-order valence-corrected chi connectivity index (χ1v) is 9.24. The molecule has 0 aliphatic heterocycles. The molecular formula is C21H23N2OS+. The summed E-state index contributed by atoms with van der Waals surface area (Å²) in [6.45, 7) is 0. The SMILES string of the molecule is CN(C)C(=O)[C@H]([NH2+][C@@H](c1ccccc1)c1cccs1)c1ccccc1. The van der Waals surface area contributed by atoms with Gasteiger partial charge in [-0.1, -0.05) is 66.7 Å². The number of carbonyl (C=O) groups excluding carboxylic acids is 1. The Morgan fingerprint density at radius 1 is 0.880 bits per heavy atom. The Morgan fingerprint density at radius 3 is 2.00 bits per heavy atom. The molecule has 25 heavy (non-hydrogen) atoms. The van der Waals surface area contributed by atoms with Crippen molar-refractivity contribution in [2.75, 3.05) is 14.1 Å². The molecule has 0 aliphatic rings. The fourth-order valence-corrected chi connectivity index (χ4v) is 3.80. The second-order valence-electron chi connectivity index (χ2n) is 6.22. The van der Waals surface area contributed by atoms with Gasteiger partial charge in [-0.25, -0.2) is 0 Å². The van der Waals surface area contributed by atoms with Gasteiger partial charge in [0.25, 0.3) is 5.91 Å². The Hall–Kier alpha value is -2.43. The largest absolute Gasteiger partial charge is 0.343 e. The van der Waals surface area contributed by atoms with Crippen molar-refractivity contribution in [3.8, 4) is 0 Å². The number of quaternary nitrogens is 1. The van der Waals surface area contributed by atoms with Crippen molar-refractivity contribution in [1.29, 1.82) is 0 Å². The van der Waals surface area contributed by atoms with Crippen LogP contribution in [0.3, 0.4) is 0 Å². The maximum absolute atomic E-state index is 12.9. The molecule has 3 rings (SSSR count). The fraction of sp³-hybridized carbons (Fsp3) is 0.190. The second kappa shape index (κ2) is 8.10. The Labute approximate surface area is 152 Å². The van der Waals surface area contributed by atoms with Gasteiger partial charge in [-0.15, -0.1) is 11.3 Å². The fourth-order valence-electron chi connectivity index (χ4n) is 2.97. The van der Waals surface area contributed by atoms with Crippen molar-refractivity contribution in [2.45, 2.75) is 12.1 Å². The number of rotatable bonds is 6. The molecule has 2 N–H and O–H groups in total. The molecule has 0 fully saturated rings. The van der Waals surface area contributed by atoms with Gasteiger partial charge in [0, 0.05) is 25.2 Å². The van der Waals surface area contributed by atoms with E-state index < -0.39 is 0 Å². The summed E-state index contributed by atoms with van der Waals surface area (Å²) in [7, 11) is 3.63. The summed E-state index contributed by atoms with van der Waals surface area (Å²) in [6, 6.07) is 24.4. The van der Waals surface area contributed by atoms with Crippen LogP contribution < -0.4 is 5.32 Å². The molecule has 128 valence electrons. The number of nitrogens with zero attached hydrogens (tertiary/aromatic N) is 1. The van der Waals surface area contributed by atoms with E-state index in [0.29, 0.717) is 0 Å². The molecule has 0 saturated carbocycles. The van der Waals surface area contributed by atoms with Crippen molar-refractivity contribution in [2.24, 2.45) is 0 Å². The first kappa shape index (κ1) is 17.4. The van der Waals surface area contributed by atoms with Gasteiger partial charge in [0.1, 0.15) is 6.04 Å². The third-order valence-corrected chi connectivity index (χ3v) is 5.21. The smallest absolute Gasteiger partial charge is 0.285 e. The molecule has 0 saturated heterocycles. The first-order chi connectivity index (χ1) is 12.2. The Bertz CT molecular complexity index is 785. The van der Waals surface area contributed by atoms with Gasteiger partial charge in [-0.3, -0.25) is 4.79 Å². The number of hydrogen-bond donors (Lipinski definition) is 1. The predicted molar refractivity (Wildman–Crippen MR) is 102 cm³/mol. The molecule has 1 amide bonds. The van der Waals surface area contributed by atoms with Crippen LogP contribution in [0, 0.1) is 0 Å². The summed E-state index contributed by atoms with van der Waals surface area (Å²) in [6.07, 6.45) is 0. The van der Waals surface area contributed by atoms with Crippen LogP contribution in [0.5, 0.6) is 0 Å². The van der Waals surface area contributed by atoms with Gasteiger partial charge >= 0.3 is 0 Å². The third kappa shape index (κ3) is 4.16. The highest BCUT2D eigenvalue weighted by Crippen LogP contribution is 2.24. The lowest BCUT2D eigenvalue weighted by atomic mass is 10.0. The van der Waals surface area contributed by atoms with Gasteiger partial charge in [0.2, 0.25) is 0 Å². The van der Waals surface area contributed by atoms with E-state index in [1.165, 1.54) is 10.4 Å². The maximum Gasteiger partial charge on any atom is 0.285 e. The highest BCUT2D eigenvalue weighted by atomic mass is 32.1. The Morgan fingerprint density at radius 2 is 1.48 bits per heavy atom. The standard InChI is InChI=1S/C21H22N2OS/c1-23(2)21(24)20(17-12-7-4-8-13-17)22-19(18-14-9-15-25-18)16-10-5-3-6-11-16/h3-15,19-20,22H,1-2H3/p+1/t19-,20+/m0/s1. The molecular weight excluding hydrogens is 328 g/mol. The summed E-state index contributed by atoms with van der Waals surface area (Å²) < 4.78 is 0. The van der Waals surface area contributed by atoms with E-state index in [-0.39, 0.29) is 18.0 Å². The van der Waals surface area contributed by atoms with Gasteiger partial charge in [-0.2, -0.15) is 0 Å². The van der Waals surface area contributed by atoms with E-state index in [1.54, 1.807) is 16.2 Å². The Balaban J connectivity index is 1.98. The quantitative estimate of drug-likeness (QED) is 0.727. The predicted octanol–water partition coefficient (Wildman–Crippen LogP) is 3.23. The first-order valence-electron chi connectivity index (χ1n) is 8.36. The maximum atomic E-state index is 12.9. The number of benzene rings is 2. The zero-order valence-electron chi connectivity index (χ0n) is 14.5. The molecule has 1 heterocycles. The molecule has 4 heteroatoms. The van der Waals surface area contributed by atoms with Gasteiger partial charge in [-0.05, 0) is 11.4 Å². The minimum absolute atomic E-state index is 0.0929. The molecule has 2 atom stereocenters. The zero-order chi connectivity index (χ0) is 17.6. The number of thiophene rings is 1. The topological polar surface area (TPSA) is 36.9 Å². The van der Waals surface area contributed by atoms with Crippen molar-refractivity contribution in [3.05, 3.63) is 94.2 Å². The monoisotopic (exact) mass is 351 g/mol. The number of likely N-dealkylation sites (N-methyl/N-ethyl adjacent to an activating group) is 1. The highest BCUT2D eigenvalue weighted by Gasteiger charge is 2.31. The number of nitrogens with two attached hydrogens (primary N) is 1. The molecule has 2 aromatic carbocycles. The van der Waals surface area contributed by atoms with Crippen LogP contribution in [0.4, 0.5) is 0 Å². The lowest BCUT2D eigenvalue weighted by Crippen LogP contribution is -2.88. The van der Waals surface area contributed by atoms with Crippen molar-refractivity contribution < 1.29 is 10.1 Å². The van der Waals surface area contributed by atoms with E-state index in [0.717, 1.165) is 5.56 Å². The molecule has 3 nitrogen and oxygen atoms in total. The summed E-state index contributed by atoms with van der Waals surface area (Å²) in [5, 5.41) is 4.27. The second-order valence-corrected chi connectivity index (χ2v) is 7.20. The molecule has 0 unspecified atom stereocenters. The van der Waals surface area contributed by atoms with E-state index in [4.69, 9.17) is 0 Å². The number of carbonyl (C=O) groups is 1. The number of amides is 1. The lowest BCUT2D eigenvalue weighted by molar-refractivity contribution is -0.713. The summed E-state index contributed by atoms with van der Waals surface area (Å²) in [5.74, 6) is 0.101. The summed E-state index contributed by atoms with van der Waals surface area (Å²) in [5.41, 5.74) is 2.23. The van der Waals surface area contributed by atoms with E-state index in [9.17, 15) is 4.79 Å². The Kier molecular flexibility index (Phi) is 5.64. The van der Waals surface area contributed by atoms with Gasteiger partial charge < -0.3 is 10.2 Å². The van der Waals surface area contributed by atoms with Crippen LogP contribution in [0.25, 0.3) is 0 Å². The van der Waals surface area contributed by atoms with Gasteiger partial charge in [0.05, 0.1) is 4.88 Å². The van der Waals surface area contributed by atoms with Crippen LogP contribution in [0.2, 0.25) is 0 Å². The summed E-state index contributed by atoms with van der Waals surface area (Å²) in [4.78, 5) is 15.8. The van der Waals surface area contributed by atoms with Crippen LogP contribution in [0.1, 0.15) is 28.1 Å². The molecule has 0 aliphatic carbocycles. The van der Waals surface area contributed by atoms with Crippen LogP contribution >= 0.6 is 11.3 Å². The van der Waals surface area contributed by atoms with Crippen molar-refractivity contribution in [1.82, 2.24) is 4.90 Å². The molecule has 3 aromatic rings. The normalized spacial score (nSPS) is 13.2. The van der Waals surface area contributed by atoms with E-state index in [1.807, 2.05) is 50.5 Å². The lowest BCUT2D eigenvalue weighted by Gasteiger charge is -2.24. The summed E-state index contributed by atoms with van der Waals surface area (Å²) >= 11 is 1.73. The molecule has 0 spiro atoms. The molecule has 0 bridgehead atoms. The van der Waals surface area contributed by atoms with Gasteiger partial charge in [0.15, 0.2) is 6.04 Å². The third-order valence-electron chi connectivity index (χ3n) is 4.26. The molecule has 1 aromatic heterocycles. The van der Waals surface area contributed by atoms with Crippen molar-refractivity contribution >= 4 is 17.2 Å². The van der Waals surface area contributed by atoms with E-state index in [2.05, 4.69) is 47.1 Å². The average molecular weight is 351 g/mol. The average Bonchev–Trinajstić information content (AvgIpc) is 3.18. The minimum atomic E-state index is -0.275. The van der Waals surface area contributed by atoms with E-state index >= 15 is 0 Å². The zero-order valence-corrected chi connectivity index (χ0v) is 15.3. The highest BCUT2D eigenvalue weighted by molar-refractivity contribution is 7.10. The van der Waals surface area contributed by atoms with Crippen molar-refractivity contribution in [3.63, 3.8) is 0 Å². The minimum Gasteiger partial charge on any atom is -0.343 e. The number of hydrogen-bond acceptors (Lipinski definition) is 2. The molecule has 0 radical (unpaired) electrons. The van der Waals surface area contributed by atoms with Crippen LogP contribution in [-0.2, 0) is 4.79 Å². The van der Waals surface area contributed by atoms with Crippen LogP contribution in [-0.4, -0.2) is 24.9 Å².